The maximum absolute atomic E-state index is 13.8. The molecule has 1 atom stereocenters. The third-order valence-corrected chi connectivity index (χ3v) is 4.44. The number of benzene rings is 1. The van der Waals surface area contributed by atoms with Crippen molar-refractivity contribution in [2.24, 2.45) is 0 Å². The van der Waals surface area contributed by atoms with E-state index < -0.39 is 5.97 Å². The molecule has 2 rings (SSSR count). The molecule has 0 saturated carbocycles. The van der Waals surface area contributed by atoms with Gasteiger partial charge in [-0.25, -0.2) is 9.18 Å². The van der Waals surface area contributed by atoms with E-state index in [1.165, 1.54) is 23.1 Å². The van der Waals surface area contributed by atoms with E-state index in [4.69, 9.17) is 5.11 Å². The third kappa shape index (κ3) is 4.12. The van der Waals surface area contributed by atoms with Gasteiger partial charge in [0.2, 0.25) is 0 Å². The van der Waals surface area contributed by atoms with Gasteiger partial charge in [-0.1, -0.05) is 6.07 Å². The summed E-state index contributed by atoms with van der Waals surface area (Å²) in [6.45, 7) is 2.47. The van der Waals surface area contributed by atoms with Crippen LogP contribution >= 0.6 is 11.3 Å². The number of nitrogens with zero attached hydrogens (tertiary/aromatic N) is 1. The van der Waals surface area contributed by atoms with Gasteiger partial charge in [-0.3, -0.25) is 4.90 Å². The zero-order chi connectivity index (χ0) is 15.4. The Morgan fingerprint density at radius 3 is 2.81 bits per heavy atom. The van der Waals surface area contributed by atoms with Crippen molar-refractivity contribution in [3.05, 3.63) is 57.5 Å². The fourth-order valence-electron chi connectivity index (χ4n) is 2.13. The van der Waals surface area contributed by atoms with Gasteiger partial charge in [-0.2, -0.15) is 0 Å². The first-order valence-electron chi connectivity index (χ1n) is 6.71. The van der Waals surface area contributed by atoms with Crippen molar-refractivity contribution in [2.45, 2.75) is 25.9 Å². The van der Waals surface area contributed by atoms with Crippen molar-refractivity contribution in [3.8, 4) is 0 Å². The molecule has 21 heavy (non-hydrogen) atoms. The molecule has 0 fully saturated rings. The lowest BCUT2D eigenvalue weighted by molar-refractivity contribution is 0.0696. The zero-order valence-electron chi connectivity index (χ0n) is 12.0. The first kappa shape index (κ1) is 15.7. The van der Waals surface area contributed by atoms with Crippen molar-refractivity contribution in [1.29, 1.82) is 0 Å². The number of carboxylic acid groups (broad SMARTS) is 1. The summed E-state index contributed by atoms with van der Waals surface area (Å²) < 4.78 is 13.8. The Morgan fingerprint density at radius 2 is 2.19 bits per heavy atom. The summed E-state index contributed by atoms with van der Waals surface area (Å²) in [4.78, 5) is 14.3. The fraction of sp³-hybridized carbons (Fsp3) is 0.312. The molecule has 1 aromatic carbocycles. The van der Waals surface area contributed by atoms with Crippen LogP contribution in [0.1, 0.15) is 27.7 Å². The number of carboxylic acids is 1. The van der Waals surface area contributed by atoms with Gasteiger partial charge >= 0.3 is 5.97 Å². The average molecular weight is 307 g/mol. The maximum atomic E-state index is 13.8. The van der Waals surface area contributed by atoms with Crippen LogP contribution in [0.25, 0.3) is 0 Å². The molecule has 2 aromatic rings. The van der Waals surface area contributed by atoms with Crippen LogP contribution in [0.5, 0.6) is 0 Å². The molecule has 1 heterocycles. The van der Waals surface area contributed by atoms with Gasteiger partial charge in [0.15, 0.2) is 0 Å². The van der Waals surface area contributed by atoms with Crippen LogP contribution in [-0.4, -0.2) is 29.1 Å². The largest absolute Gasteiger partial charge is 0.478 e. The molecule has 0 aliphatic heterocycles. The van der Waals surface area contributed by atoms with Gasteiger partial charge in [-0.05, 0) is 50.0 Å². The van der Waals surface area contributed by atoms with Crippen molar-refractivity contribution >= 4 is 17.3 Å². The molecule has 0 aliphatic rings. The highest BCUT2D eigenvalue weighted by Crippen LogP contribution is 2.17. The van der Waals surface area contributed by atoms with Crippen LogP contribution in [0.15, 0.2) is 35.7 Å². The first-order valence-corrected chi connectivity index (χ1v) is 7.59. The van der Waals surface area contributed by atoms with Gasteiger partial charge in [-0.15, -0.1) is 11.3 Å². The van der Waals surface area contributed by atoms with E-state index in [1.54, 1.807) is 11.3 Å². The standard InChI is InChI=1S/C16H18FNO2S/c1-11(8-14-4-3-7-21-14)18(2)10-13-9-12(16(19)20)5-6-15(13)17/h3-7,9,11H,8,10H2,1-2H3,(H,19,20). The summed E-state index contributed by atoms with van der Waals surface area (Å²) in [6, 6.07) is 8.26. The van der Waals surface area contributed by atoms with Crippen molar-refractivity contribution < 1.29 is 14.3 Å². The lowest BCUT2D eigenvalue weighted by Gasteiger charge is -2.24. The quantitative estimate of drug-likeness (QED) is 0.885. The number of halogens is 1. The minimum atomic E-state index is -1.04. The number of rotatable bonds is 6. The summed E-state index contributed by atoms with van der Waals surface area (Å²) in [5.74, 6) is -1.40. The van der Waals surface area contributed by atoms with Gasteiger partial charge in [0.25, 0.3) is 0 Å². The SMILES string of the molecule is CC(Cc1cccs1)N(C)Cc1cc(C(=O)O)ccc1F. The Morgan fingerprint density at radius 1 is 1.43 bits per heavy atom. The summed E-state index contributed by atoms with van der Waals surface area (Å²) in [7, 11) is 1.92. The minimum Gasteiger partial charge on any atom is -0.478 e. The van der Waals surface area contributed by atoms with Crippen molar-refractivity contribution in [1.82, 2.24) is 4.90 Å². The van der Waals surface area contributed by atoms with E-state index in [0.717, 1.165) is 6.42 Å². The Balaban J connectivity index is 2.06. The lowest BCUT2D eigenvalue weighted by Crippen LogP contribution is -2.30. The van der Waals surface area contributed by atoms with Gasteiger partial charge in [0.1, 0.15) is 5.82 Å². The molecule has 0 saturated heterocycles. The Kier molecular flexibility index (Phi) is 5.09. The van der Waals surface area contributed by atoms with E-state index in [9.17, 15) is 9.18 Å². The predicted octanol–water partition coefficient (Wildman–Crippen LogP) is 3.65. The van der Waals surface area contributed by atoms with Crippen molar-refractivity contribution in [3.63, 3.8) is 0 Å². The predicted molar refractivity (Wildman–Crippen MR) is 82.3 cm³/mol. The van der Waals surface area contributed by atoms with E-state index in [2.05, 4.69) is 13.0 Å². The highest BCUT2D eigenvalue weighted by atomic mass is 32.1. The summed E-state index contributed by atoms with van der Waals surface area (Å²) in [5, 5.41) is 11.0. The van der Waals surface area contributed by atoms with Gasteiger partial charge < -0.3 is 5.11 Å². The van der Waals surface area contributed by atoms with Crippen LogP contribution < -0.4 is 0 Å². The second-order valence-corrected chi connectivity index (χ2v) is 6.19. The highest BCUT2D eigenvalue weighted by Gasteiger charge is 2.15. The molecule has 0 radical (unpaired) electrons. The molecular weight excluding hydrogens is 289 g/mol. The van der Waals surface area contributed by atoms with Gasteiger partial charge in [0, 0.05) is 23.0 Å². The lowest BCUT2D eigenvalue weighted by atomic mass is 10.1. The van der Waals surface area contributed by atoms with Crippen LogP contribution in [0.4, 0.5) is 4.39 Å². The third-order valence-electron chi connectivity index (χ3n) is 3.54. The molecule has 0 bridgehead atoms. The number of carbonyl (C=O) groups is 1. The topological polar surface area (TPSA) is 40.5 Å². The second kappa shape index (κ2) is 6.83. The number of aromatic carboxylic acids is 1. The van der Waals surface area contributed by atoms with Crippen LogP contribution in [0, 0.1) is 5.82 Å². The van der Waals surface area contributed by atoms with E-state index in [-0.39, 0.29) is 17.4 Å². The van der Waals surface area contributed by atoms with E-state index >= 15 is 0 Å². The Hall–Kier alpha value is -1.72. The Labute approximate surface area is 127 Å². The number of thiophene rings is 1. The smallest absolute Gasteiger partial charge is 0.335 e. The summed E-state index contributed by atoms with van der Waals surface area (Å²) in [5.41, 5.74) is 0.529. The van der Waals surface area contributed by atoms with Crippen LogP contribution in [0.3, 0.4) is 0 Å². The van der Waals surface area contributed by atoms with E-state index in [0.29, 0.717) is 12.1 Å². The molecule has 1 N–H and O–H groups in total. The minimum absolute atomic E-state index is 0.116. The molecule has 112 valence electrons. The number of hydrogen-bond acceptors (Lipinski definition) is 3. The van der Waals surface area contributed by atoms with Crippen molar-refractivity contribution in [2.75, 3.05) is 7.05 Å². The van der Waals surface area contributed by atoms with Gasteiger partial charge in [0.05, 0.1) is 5.56 Å². The van der Waals surface area contributed by atoms with Crippen LogP contribution in [-0.2, 0) is 13.0 Å². The molecule has 1 unspecified atom stereocenters. The zero-order valence-corrected chi connectivity index (χ0v) is 12.9. The molecular formula is C16H18FNO2S. The number of hydrogen-bond donors (Lipinski definition) is 1. The summed E-state index contributed by atoms with van der Waals surface area (Å²) >= 11 is 1.71. The number of likely N-dealkylation sites (N-methyl/N-ethyl adjacent to an activating group) is 1. The summed E-state index contributed by atoms with van der Waals surface area (Å²) in [6.07, 6.45) is 0.897. The average Bonchev–Trinajstić information content (AvgIpc) is 2.93. The Bertz CT molecular complexity index is 613. The monoisotopic (exact) mass is 307 g/mol. The molecule has 3 nitrogen and oxygen atoms in total. The fourth-order valence-corrected chi connectivity index (χ4v) is 2.96. The molecule has 1 aromatic heterocycles. The molecule has 0 amide bonds. The molecule has 0 spiro atoms. The first-order chi connectivity index (χ1) is 9.97. The normalized spacial score (nSPS) is 12.6. The highest BCUT2D eigenvalue weighted by molar-refractivity contribution is 7.09. The maximum Gasteiger partial charge on any atom is 0.335 e. The van der Waals surface area contributed by atoms with Crippen LogP contribution in [0.2, 0.25) is 0 Å². The van der Waals surface area contributed by atoms with E-state index in [1.807, 2.05) is 23.4 Å². The second-order valence-electron chi connectivity index (χ2n) is 5.16. The molecule has 5 heteroatoms. The molecule has 0 aliphatic carbocycles.